The molecule has 0 aliphatic carbocycles. The first-order valence-electron chi connectivity index (χ1n) is 8.54. The standard InChI is InChI=1S/C20H19N3O2S/c1-3-12-26-20-22-17-13-8-4-5-9-14(13)21-18(17)19(24)23(20)15-10-6-7-11-16(15)25-2/h4-11,21H,3,12H2,1-2H3. The van der Waals surface area contributed by atoms with Crippen LogP contribution in [0.3, 0.4) is 0 Å². The van der Waals surface area contributed by atoms with E-state index in [2.05, 4.69) is 11.9 Å². The van der Waals surface area contributed by atoms with Crippen LogP contribution in [0.2, 0.25) is 0 Å². The van der Waals surface area contributed by atoms with E-state index in [1.54, 1.807) is 23.4 Å². The van der Waals surface area contributed by atoms with Crippen LogP contribution < -0.4 is 10.3 Å². The number of thioether (sulfide) groups is 1. The molecule has 4 aromatic rings. The van der Waals surface area contributed by atoms with Crippen molar-refractivity contribution in [2.75, 3.05) is 12.9 Å². The summed E-state index contributed by atoms with van der Waals surface area (Å²) in [6, 6.07) is 15.4. The van der Waals surface area contributed by atoms with Crippen LogP contribution in [-0.4, -0.2) is 27.4 Å². The van der Waals surface area contributed by atoms with E-state index < -0.39 is 0 Å². The lowest BCUT2D eigenvalue weighted by Gasteiger charge is -2.14. The Morgan fingerprint density at radius 1 is 1.15 bits per heavy atom. The first-order valence-corrected chi connectivity index (χ1v) is 9.52. The maximum Gasteiger partial charge on any atom is 0.283 e. The van der Waals surface area contributed by atoms with Crippen LogP contribution in [0.4, 0.5) is 0 Å². The minimum Gasteiger partial charge on any atom is -0.495 e. The van der Waals surface area contributed by atoms with Gasteiger partial charge < -0.3 is 9.72 Å². The average Bonchev–Trinajstić information content (AvgIpc) is 3.05. The number of rotatable bonds is 5. The van der Waals surface area contributed by atoms with Gasteiger partial charge in [-0.15, -0.1) is 0 Å². The highest BCUT2D eigenvalue weighted by Gasteiger charge is 2.18. The Bertz CT molecular complexity index is 1150. The van der Waals surface area contributed by atoms with Crippen LogP contribution in [-0.2, 0) is 0 Å². The molecule has 0 atom stereocenters. The maximum atomic E-state index is 13.4. The molecular formula is C20H19N3O2S. The number of hydrogen-bond donors (Lipinski definition) is 1. The van der Waals surface area contributed by atoms with Crippen molar-refractivity contribution < 1.29 is 4.74 Å². The van der Waals surface area contributed by atoms with E-state index in [1.807, 2.05) is 48.5 Å². The molecule has 0 radical (unpaired) electrons. The minimum absolute atomic E-state index is 0.116. The number of aromatic amines is 1. The maximum absolute atomic E-state index is 13.4. The fraction of sp³-hybridized carbons (Fsp3) is 0.200. The van der Waals surface area contributed by atoms with Gasteiger partial charge in [0.2, 0.25) is 0 Å². The molecule has 6 heteroatoms. The zero-order valence-electron chi connectivity index (χ0n) is 14.7. The molecule has 0 spiro atoms. The third kappa shape index (κ3) is 2.66. The number of nitrogens with zero attached hydrogens (tertiary/aromatic N) is 2. The third-order valence-electron chi connectivity index (χ3n) is 4.26. The molecule has 5 nitrogen and oxygen atoms in total. The normalized spacial score (nSPS) is 11.3. The van der Waals surface area contributed by atoms with Crippen molar-refractivity contribution in [3.8, 4) is 11.4 Å². The highest BCUT2D eigenvalue weighted by molar-refractivity contribution is 7.99. The molecule has 0 aliphatic heterocycles. The molecule has 2 aromatic carbocycles. The van der Waals surface area contributed by atoms with E-state index in [0.717, 1.165) is 28.6 Å². The highest BCUT2D eigenvalue weighted by atomic mass is 32.2. The number of aromatic nitrogens is 3. The number of benzene rings is 2. The summed E-state index contributed by atoms with van der Waals surface area (Å²) < 4.78 is 7.13. The number of H-pyrrole nitrogens is 1. The van der Waals surface area contributed by atoms with E-state index in [0.29, 0.717) is 22.1 Å². The largest absolute Gasteiger partial charge is 0.495 e. The zero-order valence-corrected chi connectivity index (χ0v) is 15.5. The van der Waals surface area contributed by atoms with Crippen LogP contribution in [0.1, 0.15) is 13.3 Å². The highest BCUT2D eigenvalue weighted by Crippen LogP contribution is 2.29. The fourth-order valence-electron chi connectivity index (χ4n) is 3.06. The number of methoxy groups -OCH3 is 1. The van der Waals surface area contributed by atoms with Crippen LogP contribution in [0.5, 0.6) is 5.75 Å². The first-order chi connectivity index (χ1) is 12.7. The Hall–Kier alpha value is -2.73. The van der Waals surface area contributed by atoms with Gasteiger partial charge in [-0.1, -0.05) is 49.0 Å². The second-order valence-corrected chi connectivity index (χ2v) is 7.01. The number of para-hydroxylation sites is 3. The SMILES string of the molecule is CCCSc1nc2c([nH]c3ccccc32)c(=O)n1-c1ccccc1OC. The Labute approximate surface area is 155 Å². The quantitative estimate of drug-likeness (QED) is 0.421. The summed E-state index contributed by atoms with van der Waals surface area (Å²) in [5.74, 6) is 1.53. The summed E-state index contributed by atoms with van der Waals surface area (Å²) >= 11 is 1.58. The van der Waals surface area contributed by atoms with Gasteiger partial charge in [0, 0.05) is 16.7 Å². The predicted molar refractivity (Wildman–Crippen MR) is 107 cm³/mol. The van der Waals surface area contributed by atoms with Crippen molar-refractivity contribution in [2.45, 2.75) is 18.5 Å². The first kappa shape index (κ1) is 16.7. The lowest BCUT2D eigenvalue weighted by molar-refractivity contribution is 0.411. The van der Waals surface area contributed by atoms with Gasteiger partial charge in [-0.3, -0.25) is 4.79 Å². The molecule has 4 rings (SSSR count). The van der Waals surface area contributed by atoms with Crippen LogP contribution in [0, 0.1) is 0 Å². The molecule has 1 N–H and O–H groups in total. The summed E-state index contributed by atoms with van der Waals surface area (Å²) in [5, 5.41) is 1.64. The number of ether oxygens (including phenoxy) is 1. The van der Waals surface area contributed by atoms with Gasteiger partial charge in [0.15, 0.2) is 5.16 Å². The van der Waals surface area contributed by atoms with Gasteiger partial charge in [0.05, 0.1) is 12.8 Å². The molecule has 0 bridgehead atoms. The molecule has 0 amide bonds. The smallest absolute Gasteiger partial charge is 0.283 e. The Morgan fingerprint density at radius 3 is 2.73 bits per heavy atom. The average molecular weight is 365 g/mol. The van der Waals surface area contributed by atoms with Crippen LogP contribution >= 0.6 is 11.8 Å². The molecule has 0 saturated carbocycles. The van der Waals surface area contributed by atoms with Crippen LogP contribution in [0.25, 0.3) is 27.6 Å². The van der Waals surface area contributed by atoms with Crippen molar-refractivity contribution in [1.82, 2.24) is 14.5 Å². The summed E-state index contributed by atoms with van der Waals surface area (Å²) in [5.41, 5.74) is 2.73. The topological polar surface area (TPSA) is 59.9 Å². The summed E-state index contributed by atoms with van der Waals surface area (Å²) in [7, 11) is 1.61. The second-order valence-electron chi connectivity index (χ2n) is 5.95. The van der Waals surface area contributed by atoms with Crippen molar-refractivity contribution in [3.63, 3.8) is 0 Å². The number of fused-ring (bicyclic) bond motifs is 3. The molecule has 0 unspecified atom stereocenters. The lowest BCUT2D eigenvalue weighted by atomic mass is 10.2. The molecule has 132 valence electrons. The predicted octanol–water partition coefficient (Wildman–Crippen LogP) is 4.38. The summed E-state index contributed by atoms with van der Waals surface area (Å²) in [6.07, 6.45) is 0.998. The van der Waals surface area contributed by atoms with Crippen molar-refractivity contribution in [2.24, 2.45) is 0 Å². The third-order valence-corrected chi connectivity index (χ3v) is 5.40. The molecule has 0 aliphatic rings. The van der Waals surface area contributed by atoms with Crippen molar-refractivity contribution in [1.29, 1.82) is 0 Å². The van der Waals surface area contributed by atoms with Gasteiger partial charge in [-0.2, -0.15) is 0 Å². The van der Waals surface area contributed by atoms with Crippen molar-refractivity contribution in [3.05, 3.63) is 58.9 Å². The van der Waals surface area contributed by atoms with Gasteiger partial charge >= 0.3 is 0 Å². The number of nitrogens with one attached hydrogen (secondary N) is 1. The second kappa shape index (κ2) is 6.88. The van der Waals surface area contributed by atoms with E-state index in [-0.39, 0.29) is 5.56 Å². The Balaban J connectivity index is 2.08. The zero-order chi connectivity index (χ0) is 18.1. The van der Waals surface area contributed by atoms with Gasteiger partial charge in [0.1, 0.15) is 16.8 Å². The monoisotopic (exact) mass is 365 g/mol. The van der Waals surface area contributed by atoms with E-state index in [1.165, 1.54) is 0 Å². The van der Waals surface area contributed by atoms with E-state index in [4.69, 9.17) is 9.72 Å². The molecule has 2 aromatic heterocycles. The molecular weight excluding hydrogens is 346 g/mol. The molecule has 26 heavy (non-hydrogen) atoms. The lowest BCUT2D eigenvalue weighted by Crippen LogP contribution is -2.22. The van der Waals surface area contributed by atoms with Gasteiger partial charge in [0.25, 0.3) is 5.56 Å². The van der Waals surface area contributed by atoms with Gasteiger partial charge in [-0.05, 0) is 24.6 Å². The summed E-state index contributed by atoms with van der Waals surface area (Å²) in [6.45, 7) is 2.11. The van der Waals surface area contributed by atoms with Crippen molar-refractivity contribution >= 4 is 33.7 Å². The summed E-state index contributed by atoms with van der Waals surface area (Å²) in [4.78, 5) is 21.5. The number of hydrogen-bond acceptors (Lipinski definition) is 4. The van der Waals surface area contributed by atoms with E-state index in [9.17, 15) is 4.79 Å². The van der Waals surface area contributed by atoms with Crippen LogP contribution in [0.15, 0.2) is 58.5 Å². The Kier molecular flexibility index (Phi) is 4.42. The minimum atomic E-state index is -0.116. The Morgan fingerprint density at radius 2 is 1.92 bits per heavy atom. The molecule has 2 heterocycles. The van der Waals surface area contributed by atoms with Gasteiger partial charge in [-0.25, -0.2) is 9.55 Å². The molecule has 0 fully saturated rings. The fourth-order valence-corrected chi connectivity index (χ4v) is 3.91. The molecule has 0 saturated heterocycles. The van der Waals surface area contributed by atoms with E-state index >= 15 is 0 Å².